The number of aromatic nitrogens is 3. The van der Waals surface area contributed by atoms with E-state index in [1.165, 1.54) is 6.33 Å². The van der Waals surface area contributed by atoms with Gasteiger partial charge in [0.2, 0.25) is 5.82 Å². The molecule has 7 heteroatoms. The van der Waals surface area contributed by atoms with E-state index in [-0.39, 0.29) is 11.7 Å². The summed E-state index contributed by atoms with van der Waals surface area (Å²) in [6, 6.07) is 13.5. The number of aryl methyl sites for hydroxylation is 1. The molecule has 1 N–H and O–H groups in total. The van der Waals surface area contributed by atoms with Crippen molar-refractivity contribution in [1.82, 2.24) is 20.1 Å². The number of ether oxygens (including phenoxy) is 2. The summed E-state index contributed by atoms with van der Waals surface area (Å²) in [6.07, 6.45) is 2.19. The quantitative estimate of drug-likeness (QED) is 0.695. The number of amides is 1. The molecule has 0 atom stereocenters. The van der Waals surface area contributed by atoms with Crippen LogP contribution in [0, 0.1) is 6.92 Å². The standard InChI is InChI=1S/C20H22N4O3/c1-14-4-7-16(8-5-14)24-13-22-19(23-24)20(25)21-11-10-15-6-9-17(26-2)18(12-15)27-3/h4-9,12-13H,10-11H2,1-3H3,(H,21,25). The van der Waals surface area contributed by atoms with E-state index in [0.29, 0.717) is 24.5 Å². The highest BCUT2D eigenvalue weighted by molar-refractivity contribution is 5.90. The van der Waals surface area contributed by atoms with Crippen molar-refractivity contribution in [1.29, 1.82) is 0 Å². The summed E-state index contributed by atoms with van der Waals surface area (Å²) >= 11 is 0. The number of carbonyl (C=O) groups is 1. The van der Waals surface area contributed by atoms with Crippen LogP contribution in [0.3, 0.4) is 0 Å². The van der Waals surface area contributed by atoms with Gasteiger partial charge in [0.15, 0.2) is 11.5 Å². The van der Waals surface area contributed by atoms with E-state index < -0.39 is 0 Å². The highest BCUT2D eigenvalue weighted by Gasteiger charge is 2.12. The molecule has 1 heterocycles. The molecule has 0 aliphatic carbocycles. The topological polar surface area (TPSA) is 78.3 Å². The molecule has 140 valence electrons. The lowest BCUT2D eigenvalue weighted by molar-refractivity contribution is 0.0944. The normalized spacial score (nSPS) is 10.5. The zero-order valence-electron chi connectivity index (χ0n) is 15.6. The minimum atomic E-state index is -0.304. The third-order valence-corrected chi connectivity index (χ3v) is 4.14. The van der Waals surface area contributed by atoms with E-state index in [1.807, 2.05) is 49.4 Å². The summed E-state index contributed by atoms with van der Waals surface area (Å²) in [6.45, 7) is 2.48. The average molecular weight is 366 g/mol. The molecule has 0 aliphatic rings. The van der Waals surface area contributed by atoms with E-state index in [9.17, 15) is 4.79 Å². The van der Waals surface area contributed by atoms with Gasteiger partial charge in [-0.1, -0.05) is 23.8 Å². The molecule has 3 rings (SSSR count). The zero-order chi connectivity index (χ0) is 19.2. The van der Waals surface area contributed by atoms with Gasteiger partial charge in [0.25, 0.3) is 5.91 Å². The first kappa shape index (κ1) is 18.4. The first-order valence-corrected chi connectivity index (χ1v) is 8.58. The molecule has 1 aromatic heterocycles. The van der Waals surface area contributed by atoms with Gasteiger partial charge in [0.1, 0.15) is 6.33 Å². The second-order valence-corrected chi connectivity index (χ2v) is 6.04. The monoisotopic (exact) mass is 366 g/mol. The highest BCUT2D eigenvalue weighted by atomic mass is 16.5. The lowest BCUT2D eigenvalue weighted by atomic mass is 10.1. The van der Waals surface area contributed by atoms with Crippen LogP contribution in [0.5, 0.6) is 11.5 Å². The van der Waals surface area contributed by atoms with Gasteiger partial charge < -0.3 is 14.8 Å². The van der Waals surface area contributed by atoms with Gasteiger partial charge in [-0.15, -0.1) is 5.10 Å². The van der Waals surface area contributed by atoms with Crippen molar-refractivity contribution >= 4 is 5.91 Å². The lowest BCUT2D eigenvalue weighted by Gasteiger charge is -2.09. The fraction of sp³-hybridized carbons (Fsp3) is 0.250. The van der Waals surface area contributed by atoms with E-state index in [2.05, 4.69) is 15.4 Å². The second-order valence-electron chi connectivity index (χ2n) is 6.04. The highest BCUT2D eigenvalue weighted by Crippen LogP contribution is 2.27. The van der Waals surface area contributed by atoms with Crippen molar-refractivity contribution < 1.29 is 14.3 Å². The van der Waals surface area contributed by atoms with Crippen LogP contribution in [-0.2, 0) is 6.42 Å². The maximum atomic E-state index is 12.3. The molecule has 7 nitrogen and oxygen atoms in total. The molecular weight excluding hydrogens is 344 g/mol. The molecular formula is C20H22N4O3. The van der Waals surface area contributed by atoms with Crippen molar-refractivity contribution in [3.63, 3.8) is 0 Å². The van der Waals surface area contributed by atoms with Gasteiger partial charge in [0.05, 0.1) is 19.9 Å². The molecule has 0 aliphatic heterocycles. The van der Waals surface area contributed by atoms with Crippen LogP contribution in [0.2, 0.25) is 0 Å². The third-order valence-electron chi connectivity index (χ3n) is 4.14. The summed E-state index contributed by atoms with van der Waals surface area (Å²) in [4.78, 5) is 16.4. The molecule has 0 saturated carbocycles. The molecule has 2 aromatic carbocycles. The number of hydrogen-bond donors (Lipinski definition) is 1. The van der Waals surface area contributed by atoms with E-state index in [1.54, 1.807) is 18.9 Å². The molecule has 3 aromatic rings. The second kappa shape index (κ2) is 8.35. The molecule has 0 spiro atoms. The van der Waals surface area contributed by atoms with Crippen LogP contribution >= 0.6 is 0 Å². The van der Waals surface area contributed by atoms with Crippen LogP contribution < -0.4 is 14.8 Å². The van der Waals surface area contributed by atoms with Crippen LogP contribution in [0.15, 0.2) is 48.8 Å². The summed E-state index contributed by atoms with van der Waals surface area (Å²) in [7, 11) is 3.19. The molecule has 0 saturated heterocycles. The van der Waals surface area contributed by atoms with Gasteiger partial charge >= 0.3 is 0 Å². The maximum Gasteiger partial charge on any atom is 0.290 e. The number of benzene rings is 2. The van der Waals surface area contributed by atoms with Gasteiger partial charge in [0, 0.05) is 6.54 Å². The van der Waals surface area contributed by atoms with E-state index in [4.69, 9.17) is 9.47 Å². The van der Waals surface area contributed by atoms with Crippen LogP contribution in [0.25, 0.3) is 5.69 Å². The number of rotatable bonds is 7. The van der Waals surface area contributed by atoms with Gasteiger partial charge in [-0.2, -0.15) is 0 Å². The molecule has 0 unspecified atom stereocenters. The predicted octanol–water partition coefficient (Wildman–Crippen LogP) is 2.57. The Morgan fingerprint density at radius 3 is 2.52 bits per heavy atom. The number of nitrogens with zero attached hydrogens (tertiary/aromatic N) is 3. The Bertz CT molecular complexity index is 919. The minimum absolute atomic E-state index is 0.142. The van der Waals surface area contributed by atoms with Crippen molar-refractivity contribution in [3.8, 4) is 17.2 Å². The molecule has 0 bridgehead atoms. The third kappa shape index (κ3) is 4.44. The Morgan fingerprint density at radius 1 is 1.07 bits per heavy atom. The predicted molar refractivity (Wildman–Crippen MR) is 102 cm³/mol. The van der Waals surface area contributed by atoms with E-state index in [0.717, 1.165) is 16.8 Å². The molecule has 0 radical (unpaired) electrons. The van der Waals surface area contributed by atoms with Crippen LogP contribution in [0.4, 0.5) is 0 Å². The SMILES string of the molecule is COc1ccc(CCNC(=O)c2ncn(-c3ccc(C)cc3)n2)cc1OC. The molecule has 27 heavy (non-hydrogen) atoms. The Labute approximate surface area is 158 Å². The van der Waals surface area contributed by atoms with Crippen LogP contribution in [-0.4, -0.2) is 41.4 Å². The summed E-state index contributed by atoms with van der Waals surface area (Å²) in [5, 5.41) is 7.08. The first-order chi connectivity index (χ1) is 13.1. The van der Waals surface area contributed by atoms with Crippen molar-refractivity contribution in [2.45, 2.75) is 13.3 Å². The lowest BCUT2D eigenvalue weighted by Crippen LogP contribution is -2.26. The van der Waals surface area contributed by atoms with Gasteiger partial charge in [-0.3, -0.25) is 4.79 Å². The van der Waals surface area contributed by atoms with E-state index >= 15 is 0 Å². The number of nitrogens with one attached hydrogen (secondary N) is 1. The molecule has 1 amide bonds. The van der Waals surface area contributed by atoms with Gasteiger partial charge in [-0.05, 0) is 43.2 Å². The Morgan fingerprint density at radius 2 is 1.81 bits per heavy atom. The minimum Gasteiger partial charge on any atom is -0.493 e. The Balaban J connectivity index is 1.58. The van der Waals surface area contributed by atoms with Crippen molar-refractivity contribution in [3.05, 3.63) is 65.7 Å². The van der Waals surface area contributed by atoms with Crippen molar-refractivity contribution in [2.24, 2.45) is 0 Å². The summed E-state index contributed by atoms with van der Waals surface area (Å²) < 4.78 is 12.1. The Hall–Kier alpha value is -3.35. The zero-order valence-corrected chi connectivity index (χ0v) is 15.6. The smallest absolute Gasteiger partial charge is 0.290 e. The number of methoxy groups -OCH3 is 2. The summed E-state index contributed by atoms with van der Waals surface area (Å²) in [5.41, 5.74) is 3.05. The first-order valence-electron chi connectivity index (χ1n) is 8.58. The van der Waals surface area contributed by atoms with Crippen LogP contribution in [0.1, 0.15) is 21.7 Å². The summed E-state index contributed by atoms with van der Waals surface area (Å²) in [5.74, 6) is 1.18. The average Bonchev–Trinajstić information content (AvgIpc) is 3.18. The Kier molecular flexibility index (Phi) is 5.71. The van der Waals surface area contributed by atoms with Gasteiger partial charge in [-0.25, -0.2) is 9.67 Å². The van der Waals surface area contributed by atoms with Crippen molar-refractivity contribution in [2.75, 3.05) is 20.8 Å². The number of hydrogen-bond acceptors (Lipinski definition) is 5. The number of carbonyl (C=O) groups excluding carboxylic acids is 1. The maximum absolute atomic E-state index is 12.3. The molecule has 0 fully saturated rings. The largest absolute Gasteiger partial charge is 0.493 e. The fourth-order valence-electron chi connectivity index (χ4n) is 2.62. The fourth-order valence-corrected chi connectivity index (χ4v) is 2.62.